The quantitative estimate of drug-likeness (QED) is 0.601. The van der Waals surface area contributed by atoms with E-state index in [2.05, 4.69) is 0 Å². The van der Waals surface area contributed by atoms with Crippen molar-refractivity contribution in [3.63, 3.8) is 0 Å². The molecule has 1 aromatic rings. The van der Waals surface area contributed by atoms with Crippen LogP contribution >= 0.6 is 0 Å². The number of anilines is 1. The number of carbonyl (C=O) groups is 2. The van der Waals surface area contributed by atoms with E-state index in [9.17, 15) is 14.0 Å². The molecule has 0 aliphatic heterocycles. The number of nitrogens with two attached hydrogens (primary N) is 2. The van der Waals surface area contributed by atoms with Gasteiger partial charge in [-0.05, 0) is 24.6 Å². The molecule has 0 radical (unpaired) electrons. The van der Waals surface area contributed by atoms with E-state index < -0.39 is 23.8 Å². The SMILES string of the molecule is CCC(OC(=O)c1ccc(F)c(N)c1)C(N)=O. The van der Waals surface area contributed by atoms with Gasteiger partial charge in [0.25, 0.3) is 5.91 Å². The first-order chi connectivity index (χ1) is 7.95. The molecule has 5 nitrogen and oxygen atoms in total. The van der Waals surface area contributed by atoms with Crippen LogP contribution in [-0.4, -0.2) is 18.0 Å². The maximum Gasteiger partial charge on any atom is 0.338 e. The molecule has 1 unspecified atom stereocenters. The van der Waals surface area contributed by atoms with E-state index in [4.69, 9.17) is 16.2 Å². The Hall–Kier alpha value is -2.11. The number of rotatable bonds is 4. The van der Waals surface area contributed by atoms with Crippen molar-refractivity contribution in [2.75, 3.05) is 5.73 Å². The molecular weight excluding hydrogens is 227 g/mol. The molecule has 1 rings (SSSR count). The normalized spacial score (nSPS) is 11.9. The predicted molar refractivity (Wildman–Crippen MR) is 59.5 cm³/mol. The Morgan fingerprint density at radius 3 is 2.59 bits per heavy atom. The molecule has 0 fully saturated rings. The fourth-order valence-electron chi connectivity index (χ4n) is 1.21. The summed E-state index contributed by atoms with van der Waals surface area (Å²) in [6.07, 6.45) is -0.716. The average molecular weight is 240 g/mol. The number of ether oxygens (including phenoxy) is 1. The summed E-state index contributed by atoms with van der Waals surface area (Å²) >= 11 is 0. The second-order valence-corrected chi connectivity index (χ2v) is 3.44. The zero-order chi connectivity index (χ0) is 13.0. The number of halogens is 1. The summed E-state index contributed by atoms with van der Waals surface area (Å²) in [4.78, 5) is 22.5. The van der Waals surface area contributed by atoms with Gasteiger partial charge in [-0.15, -0.1) is 0 Å². The van der Waals surface area contributed by atoms with Gasteiger partial charge in [0.2, 0.25) is 0 Å². The Kier molecular flexibility index (Phi) is 4.03. The van der Waals surface area contributed by atoms with Crippen LogP contribution in [0, 0.1) is 5.82 Å². The number of hydrogen-bond donors (Lipinski definition) is 2. The van der Waals surface area contributed by atoms with Gasteiger partial charge in [-0.3, -0.25) is 4.79 Å². The van der Waals surface area contributed by atoms with Crippen molar-refractivity contribution < 1.29 is 18.7 Å². The van der Waals surface area contributed by atoms with E-state index in [0.29, 0.717) is 0 Å². The summed E-state index contributed by atoms with van der Waals surface area (Å²) < 4.78 is 17.7. The highest BCUT2D eigenvalue weighted by atomic mass is 19.1. The Morgan fingerprint density at radius 2 is 2.12 bits per heavy atom. The lowest BCUT2D eigenvalue weighted by atomic mass is 10.2. The Morgan fingerprint density at radius 1 is 1.47 bits per heavy atom. The Bertz CT molecular complexity index is 448. The zero-order valence-corrected chi connectivity index (χ0v) is 9.27. The first-order valence-electron chi connectivity index (χ1n) is 5.01. The van der Waals surface area contributed by atoms with Crippen molar-refractivity contribution in [3.05, 3.63) is 29.6 Å². The predicted octanol–water partition coefficient (Wildman–Crippen LogP) is 0.829. The lowest BCUT2D eigenvalue weighted by molar-refractivity contribution is -0.126. The molecule has 4 N–H and O–H groups in total. The highest BCUT2D eigenvalue weighted by Gasteiger charge is 2.19. The third-order valence-electron chi connectivity index (χ3n) is 2.17. The summed E-state index contributed by atoms with van der Waals surface area (Å²) in [5.74, 6) is -2.11. The molecule has 1 amide bonds. The van der Waals surface area contributed by atoms with E-state index in [1.165, 1.54) is 6.07 Å². The summed E-state index contributed by atoms with van der Waals surface area (Å²) in [7, 11) is 0. The van der Waals surface area contributed by atoms with Crippen LogP contribution in [-0.2, 0) is 9.53 Å². The largest absolute Gasteiger partial charge is 0.449 e. The molecule has 0 aliphatic rings. The van der Waals surface area contributed by atoms with Crippen molar-refractivity contribution in [2.45, 2.75) is 19.4 Å². The standard InChI is InChI=1S/C11H13FN2O3/c1-2-9(10(14)15)17-11(16)6-3-4-7(12)8(13)5-6/h3-5,9H,2,13H2,1H3,(H2,14,15). The molecule has 0 saturated carbocycles. The van der Waals surface area contributed by atoms with Crippen LogP contribution in [0.15, 0.2) is 18.2 Å². The van der Waals surface area contributed by atoms with Crippen LogP contribution in [0.5, 0.6) is 0 Å². The molecule has 0 spiro atoms. The zero-order valence-electron chi connectivity index (χ0n) is 9.27. The number of hydrogen-bond acceptors (Lipinski definition) is 4. The van der Waals surface area contributed by atoms with E-state index in [1.807, 2.05) is 0 Å². The minimum atomic E-state index is -0.992. The van der Waals surface area contributed by atoms with Crippen molar-refractivity contribution >= 4 is 17.6 Å². The van der Waals surface area contributed by atoms with Crippen LogP contribution in [0.3, 0.4) is 0 Å². The van der Waals surface area contributed by atoms with Crippen molar-refractivity contribution in [1.82, 2.24) is 0 Å². The van der Waals surface area contributed by atoms with E-state index in [0.717, 1.165) is 12.1 Å². The lowest BCUT2D eigenvalue weighted by Crippen LogP contribution is -2.32. The van der Waals surface area contributed by atoms with E-state index >= 15 is 0 Å². The van der Waals surface area contributed by atoms with Crippen LogP contribution in [0.25, 0.3) is 0 Å². The molecule has 0 bridgehead atoms. The number of benzene rings is 1. The fourth-order valence-corrected chi connectivity index (χ4v) is 1.21. The molecule has 1 atom stereocenters. The summed E-state index contributed by atoms with van der Waals surface area (Å²) in [5, 5.41) is 0. The third-order valence-corrected chi connectivity index (χ3v) is 2.17. The number of amides is 1. The average Bonchev–Trinajstić information content (AvgIpc) is 2.28. The van der Waals surface area contributed by atoms with E-state index in [1.54, 1.807) is 6.92 Å². The fraction of sp³-hybridized carbons (Fsp3) is 0.273. The molecule has 0 heterocycles. The molecular formula is C11H13FN2O3. The van der Waals surface area contributed by atoms with Crippen LogP contribution < -0.4 is 11.5 Å². The number of primary amides is 1. The van der Waals surface area contributed by atoms with Gasteiger partial charge in [0.15, 0.2) is 6.10 Å². The molecule has 1 aromatic carbocycles. The summed E-state index contributed by atoms with van der Waals surface area (Å²) in [6.45, 7) is 1.65. The van der Waals surface area contributed by atoms with Gasteiger partial charge in [-0.2, -0.15) is 0 Å². The lowest BCUT2D eigenvalue weighted by Gasteiger charge is -2.12. The Balaban J connectivity index is 2.82. The highest BCUT2D eigenvalue weighted by Crippen LogP contribution is 2.14. The highest BCUT2D eigenvalue weighted by molar-refractivity contribution is 5.92. The van der Waals surface area contributed by atoms with Crippen LogP contribution in [0.4, 0.5) is 10.1 Å². The van der Waals surface area contributed by atoms with E-state index in [-0.39, 0.29) is 17.7 Å². The van der Waals surface area contributed by atoms with Crippen molar-refractivity contribution in [3.8, 4) is 0 Å². The van der Waals surface area contributed by atoms with Crippen molar-refractivity contribution in [2.24, 2.45) is 5.73 Å². The Labute approximate surface area is 97.5 Å². The molecule has 0 saturated heterocycles. The van der Waals surface area contributed by atoms with Gasteiger partial charge in [0.1, 0.15) is 5.82 Å². The molecule has 0 aromatic heterocycles. The third kappa shape index (κ3) is 3.17. The van der Waals surface area contributed by atoms with Gasteiger partial charge in [0.05, 0.1) is 11.3 Å². The second kappa shape index (κ2) is 5.29. The molecule has 92 valence electrons. The molecule has 0 aliphatic carbocycles. The smallest absolute Gasteiger partial charge is 0.338 e. The number of carbonyl (C=O) groups excluding carboxylic acids is 2. The number of nitrogen functional groups attached to an aromatic ring is 1. The monoisotopic (exact) mass is 240 g/mol. The van der Waals surface area contributed by atoms with Gasteiger partial charge < -0.3 is 16.2 Å². The molecule has 6 heteroatoms. The summed E-state index contributed by atoms with van der Waals surface area (Å²) in [6, 6.07) is 3.42. The second-order valence-electron chi connectivity index (χ2n) is 3.44. The minimum Gasteiger partial charge on any atom is -0.449 e. The van der Waals surface area contributed by atoms with Gasteiger partial charge >= 0.3 is 5.97 Å². The first-order valence-corrected chi connectivity index (χ1v) is 5.01. The van der Waals surface area contributed by atoms with Crippen LogP contribution in [0.2, 0.25) is 0 Å². The van der Waals surface area contributed by atoms with Gasteiger partial charge in [0, 0.05) is 0 Å². The maximum atomic E-state index is 12.9. The maximum absolute atomic E-state index is 12.9. The minimum absolute atomic E-state index is 0.0728. The topological polar surface area (TPSA) is 95.4 Å². The van der Waals surface area contributed by atoms with Gasteiger partial charge in [-0.1, -0.05) is 6.92 Å². The number of esters is 1. The first kappa shape index (κ1) is 13.0. The molecule has 17 heavy (non-hydrogen) atoms. The van der Waals surface area contributed by atoms with Gasteiger partial charge in [-0.25, -0.2) is 9.18 Å². The van der Waals surface area contributed by atoms with Crippen LogP contribution in [0.1, 0.15) is 23.7 Å². The summed E-state index contributed by atoms with van der Waals surface area (Å²) in [5.41, 5.74) is 10.2. The van der Waals surface area contributed by atoms with Crippen molar-refractivity contribution in [1.29, 1.82) is 0 Å².